The van der Waals surface area contributed by atoms with E-state index < -0.39 is 0 Å². The number of methoxy groups -OCH3 is 1. The molecule has 0 aliphatic carbocycles. The molecule has 0 atom stereocenters. The largest absolute Gasteiger partial charge is 0.490 e. The molecule has 0 bridgehead atoms. The van der Waals surface area contributed by atoms with Crippen molar-refractivity contribution in [3.8, 4) is 5.75 Å². The van der Waals surface area contributed by atoms with Gasteiger partial charge in [0.25, 0.3) is 0 Å². The minimum Gasteiger partial charge on any atom is -0.490 e. The number of furan rings is 1. The van der Waals surface area contributed by atoms with Crippen LogP contribution in [0.4, 0.5) is 0 Å². The van der Waals surface area contributed by atoms with E-state index in [4.69, 9.17) is 13.6 Å². The summed E-state index contributed by atoms with van der Waals surface area (Å²) in [5, 5.41) is 1.80. The average molecular weight is 244 g/mol. The maximum atomic E-state index is 11.5. The summed E-state index contributed by atoms with van der Waals surface area (Å²) in [6.07, 6.45) is 0. The molecule has 18 heavy (non-hydrogen) atoms. The zero-order chi connectivity index (χ0) is 12.9. The van der Waals surface area contributed by atoms with Crippen molar-refractivity contribution < 1.29 is 13.6 Å². The summed E-state index contributed by atoms with van der Waals surface area (Å²) in [6, 6.07) is 5.35. The van der Waals surface area contributed by atoms with Crippen LogP contribution in [0, 0.1) is 13.8 Å². The van der Waals surface area contributed by atoms with Crippen molar-refractivity contribution in [3.05, 3.63) is 39.9 Å². The summed E-state index contributed by atoms with van der Waals surface area (Å²) in [5.41, 5.74) is 1.52. The number of fused-ring (bicyclic) bond motifs is 2. The zero-order valence-electron chi connectivity index (χ0n) is 10.4. The Morgan fingerprint density at radius 2 is 1.83 bits per heavy atom. The van der Waals surface area contributed by atoms with Gasteiger partial charge >= 0.3 is 5.63 Å². The highest BCUT2D eigenvalue weighted by atomic mass is 16.5. The fourth-order valence-corrected chi connectivity index (χ4v) is 2.23. The van der Waals surface area contributed by atoms with E-state index >= 15 is 0 Å². The van der Waals surface area contributed by atoms with Gasteiger partial charge in [0.15, 0.2) is 11.2 Å². The van der Waals surface area contributed by atoms with Crippen LogP contribution in [0.2, 0.25) is 0 Å². The Kier molecular flexibility index (Phi) is 2.20. The van der Waals surface area contributed by atoms with Crippen LogP contribution in [0.3, 0.4) is 0 Å². The number of rotatable bonds is 1. The number of hydrogen-bond donors (Lipinski definition) is 0. The first-order valence-electron chi connectivity index (χ1n) is 5.62. The van der Waals surface area contributed by atoms with E-state index in [1.807, 2.05) is 26.0 Å². The molecule has 0 saturated heterocycles. The summed E-state index contributed by atoms with van der Waals surface area (Å²) in [4.78, 5) is 11.5. The summed E-state index contributed by atoms with van der Waals surface area (Å²) in [5.74, 6) is 1.26. The molecule has 3 rings (SSSR count). The normalized spacial score (nSPS) is 11.3. The second-order valence-electron chi connectivity index (χ2n) is 4.31. The molecule has 0 spiro atoms. The Morgan fingerprint density at radius 1 is 1.06 bits per heavy atom. The first kappa shape index (κ1) is 10.9. The fourth-order valence-electron chi connectivity index (χ4n) is 2.23. The molecule has 3 aromatic rings. The van der Waals surface area contributed by atoms with Gasteiger partial charge in [-0.2, -0.15) is 0 Å². The molecule has 0 radical (unpaired) electrons. The SMILES string of the molecule is COc1c2oc(C)cc2cc2c(C)cc(=O)oc12. The van der Waals surface area contributed by atoms with Crippen molar-refractivity contribution in [2.24, 2.45) is 0 Å². The highest BCUT2D eigenvalue weighted by Crippen LogP contribution is 2.36. The van der Waals surface area contributed by atoms with Crippen molar-refractivity contribution >= 4 is 21.9 Å². The van der Waals surface area contributed by atoms with Gasteiger partial charge in [0.05, 0.1) is 7.11 Å². The summed E-state index contributed by atoms with van der Waals surface area (Å²) in [6.45, 7) is 3.74. The Hall–Kier alpha value is -2.23. The summed E-state index contributed by atoms with van der Waals surface area (Å²) in [7, 11) is 1.54. The van der Waals surface area contributed by atoms with E-state index in [-0.39, 0.29) is 5.63 Å². The van der Waals surface area contributed by atoms with E-state index in [0.717, 1.165) is 22.1 Å². The Morgan fingerprint density at radius 3 is 2.56 bits per heavy atom. The van der Waals surface area contributed by atoms with Crippen LogP contribution in [0.25, 0.3) is 21.9 Å². The maximum absolute atomic E-state index is 11.5. The van der Waals surface area contributed by atoms with E-state index in [1.54, 1.807) is 0 Å². The first-order chi connectivity index (χ1) is 8.60. The van der Waals surface area contributed by atoms with E-state index in [2.05, 4.69) is 0 Å². The van der Waals surface area contributed by atoms with Gasteiger partial charge in [0.2, 0.25) is 5.75 Å². The third kappa shape index (κ3) is 1.42. The second-order valence-corrected chi connectivity index (χ2v) is 4.31. The van der Waals surface area contributed by atoms with Crippen LogP contribution in [0.15, 0.2) is 31.8 Å². The lowest BCUT2D eigenvalue weighted by molar-refractivity contribution is 0.401. The second kappa shape index (κ2) is 3.63. The minimum absolute atomic E-state index is 0.388. The van der Waals surface area contributed by atoms with Gasteiger partial charge in [-0.1, -0.05) is 0 Å². The van der Waals surface area contributed by atoms with E-state index in [0.29, 0.717) is 16.9 Å². The molecular formula is C14H12O4. The Bertz CT molecular complexity index is 808. The molecule has 2 aromatic heterocycles. The molecule has 0 saturated carbocycles. The number of ether oxygens (including phenoxy) is 1. The highest BCUT2D eigenvalue weighted by molar-refractivity contribution is 6.01. The predicted molar refractivity (Wildman–Crippen MR) is 68.3 cm³/mol. The molecule has 0 N–H and O–H groups in total. The smallest absolute Gasteiger partial charge is 0.336 e. The molecule has 4 heteroatoms. The molecule has 0 aliphatic rings. The molecular weight excluding hydrogens is 232 g/mol. The van der Waals surface area contributed by atoms with Gasteiger partial charge in [0, 0.05) is 16.8 Å². The average Bonchev–Trinajstić information content (AvgIpc) is 2.66. The molecule has 4 nitrogen and oxygen atoms in total. The molecule has 92 valence electrons. The number of hydrogen-bond acceptors (Lipinski definition) is 4. The molecule has 0 fully saturated rings. The predicted octanol–water partition coefficient (Wildman–Crippen LogP) is 3.16. The molecule has 0 aliphatic heterocycles. The first-order valence-corrected chi connectivity index (χ1v) is 5.62. The van der Waals surface area contributed by atoms with Gasteiger partial charge in [-0.15, -0.1) is 0 Å². The van der Waals surface area contributed by atoms with Gasteiger partial charge in [0.1, 0.15) is 5.76 Å². The van der Waals surface area contributed by atoms with Crippen molar-refractivity contribution in [3.63, 3.8) is 0 Å². The van der Waals surface area contributed by atoms with Gasteiger partial charge in [-0.05, 0) is 31.5 Å². The third-order valence-corrected chi connectivity index (χ3v) is 3.01. The lowest BCUT2D eigenvalue weighted by Crippen LogP contribution is -1.99. The van der Waals surface area contributed by atoms with Crippen LogP contribution >= 0.6 is 0 Å². The maximum Gasteiger partial charge on any atom is 0.336 e. The van der Waals surface area contributed by atoms with Crippen molar-refractivity contribution in [2.75, 3.05) is 7.11 Å². The van der Waals surface area contributed by atoms with Crippen LogP contribution in [-0.4, -0.2) is 7.11 Å². The molecule has 0 amide bonds. The van der Waals surface area contributed by atoms with Crippen molar-refractivity contribution in [1.29, 1.82) is 0 Å². The highest BCUT2D eigenvalue weighted by Gasteiger charge is 2.16. The summed E-state index contributed by atoms with van der Waals surface area (Å²) >= 11 is 0. The standard InChI is InChI=1S/C14H12O4/c1-7-4-11(15)18-13-10(7)6-9-5-8(2)17-12(9)14(13)16-3/h4-6H,1-3H3. The van der Waals surface area contributed by atoms with E-state index in [1.165, 1.54) is 13.2 Å². The fraction of sp³-hybridized carbons (Fsp3) is 0.214. The van der Waals surface area contributed by atoms with Crippen LogP contribution in [-0.2, 0) is 0 Å². The topological polar surface area (TPSA) is 52.6 Å². The molecule has 0 unspecified atom stereocenters. The molecule has 2 heterocycles. The van der Waals surface area contributed by atoms with Gasteiger partial charge in [-0.3, -0.25) is 0 Å². The van der Waals surface area contributed by atoms with Crippen LogP contribution in [0.1, 0.15) is 11.3 Å². The van der Waals surface area contributed by atoms with Gasteiger partial charge < -0.3 is 13.6 Å². The molecule has 1 aromatic carbocycles. The minimum atomic E-state index is -0.388. The van der Waals surface area contributed by atoms with Gasteiger partial charge in [-0.25, -0.2) is 4.79 Å². The van der Waals surface area contributed by atoms with Crippen LogP contribution in [0.5, 0.6) is 5.75 Å². The zero-order valence-corrected chi connectivity index (χ0v) is 10.4. The Labute approximate surface area is 103 Å². The van der Waals surface area contributed by atoms with Crippen molar-refractivity contribution in [2.45, 2.75) is 13.8 Å². The summed E-state index contributed by atoms with van der Waals surface area (Å²) < 4.78 is 16.2. The monoisotopic (exact) mass is 244 g/mol. The lowest BCUT2D eigenvalue weighted by atomic mass is 10.1. The lowest BCUT2D eigenvalue weighted by Gasteiger charge is -2.06. The number of benzene rings is 1. The Balaban J connectivity index is 2.61. The van der Waals surface area contributed by atoms with E-state index in [9.17, 15) is 4.79 Å². The van der Waals surface area contributed by atoms with Crippen molar-refractivity contribution in [1.82, 2.24) is 0 Å². The van der Waals surface area contributed by atoms with Crippen LogP contribution < -0.4 is 10.4 Å². The number of aryl methyl sites for hydroxylation is 2. The third-order valence-electron chi connectivity index (χ3n) is 3.01. The quantitative estimate of drug-likeness (QED) is 0.617.